The minimum atomic E-state index is -0.727. The van der Waals surface area contributed by atoms with Crippen LogP contribution in [0.1, 0.15) is 26.3 Å². The van der Waals surface area contributed by atoms with Gasteiger partial charge in [-0.1, -0.05) is 19.1 Å². The van der Waals surface area contributed by atoms with Crippen LogP contribution in [0.4, 0.5) is 4.79 Å². The minimum absolute atomic E-state index is 0.465. The van der Waals surface area contributed by atoms with Gasteiger partial charge in [0.1, 0.15) is 5.75 Å². The summed E-state index contributed by atoms with van der Waals surface area (Å²) >= 11 is 0. The van der Waals surface area contributed by atoms with Gasteiger partial charge >= 0.3 is 6.03 Å². The van der Waals surface area contributed by atoms with Crippen LogP contribution in [0.25, 0.3) is 0 Å². The van der Waals surface area contributed by atoms with Gasteiger partial charge in [-0.2, -0.15) is 0 Å². The number of carbonyl (C=O) groups is 2. The fourth-order valence-electron chi connectivity index (χ4n) is 1.48. The van der Waals surface area contributed by atoms with Crippen molar-refractivity contribution in [1.29, 1.82) is 0 Å². The van der Waals surface area contributed by atoms with Crippen molar-refractivity contribution in [2.75, 3.05) is 6.54 Å². The normalized spacial score (nSPS) is 11.5. The Morgan fingerprint density at radius 3 is 2.37 bits per heavy atom. The van der Waals surface area contributed by atoms with E-state index in [1.165, 1.54) is 5.56 Å². The van der Waals surface area contributed by atoms with E-state index in [1.807, 2.05) is 24.3 Å². The number of aryl methyl sites for hydroxylation is 1. The van der Waals surface area contributed by atoms with E-state index in [0.29, 0.717) is 12.3 Å². The largest absolute Gasteiger partial charge is 0.481 e. The number of rotatable bonds is 5. The van der Waals surface area contributed by atoms with E-state index in [-0.39, 0.29) is 0 Å². The van der Waals surface area contributed by atoms with E-state index < -0.39 is 18.0 Å². The van der Waals surface area contributed by atoms with Crippen molar-refractivity contribution in [3.05, 3.63) is 29.8 Å². The van der Waals surface area contributed by atoms with Crippen LogP contribution < -0.4 is 15.4 Å². The lowest BCUT2D eigenvalue weighted by molar-refractivity contribution is -0.126. The summed E-state index contributed by atoms with van der Waals surface area (Å²) in [6.07, 6.45) is 0.225. The molecule has 0 aliphatic rings. The van der Waals surface area contributed by atoms with Crippen LogP contribution in [0, 0.1) is 0 Å². The SMILES string of the molecule is CCNC(=O)NC(=O)[C@@H](C)Oc1ccc(CC)cc1. The van der Waals surface area contributed by atoms with Crippen molar-refractivity contribution < 1.29 is 14.3 Å². The summed E-state index contributed by atoms with van der Waals surface area (Å²) in [7, 11) is 0. The standard InChI is InChI=1S/C14H20N2O3/c1-4-11-6-8-12(9-7-11)19-10(3)13(17)16-14(18)15-5-2/h6-10H,4-5H2,1-3H3,(H2,15,16,17,18)/t10-/m1/s1. The Hall–Kier alpha value is -2.04. The highest BCUT2D eigenvalue weighted by Crippen LogP contribution is 2.14. The van der Waals surface area contributed by atoms with Gasteiger partial charge in [-0.15, -0.1) is 0 Å². The molecule has 1 rings (SSSR count). The molecule has 0 spiro atoms. The highest BCUT2D eigenvalue weighted by molar-refractivity contribution is 5.96. The molecule has 0 saturated heterocycles. The van der Waals surface area contributed by atoms with Crippen molar-refractivity contribution in [3.63, 3.8) is 0 Å². The Morgan fingerprint density at radius 1 is 1.21 bits per heavy atom. The molecule has 0 heterocycles. The first-order chi connectivity index (χ1) is 9.06. The quantitative estimate of drug-likeness (QED) is 0.853. The third kappa shape index (κ3) is 4.99. The summed E-state index contributed by atoms with van der Waals surface area (Å²) in [6.45, 7) is 5.91. The van der Waals surface area contributed by atoms with Crippen LogP contribution in [0.15, 0.2) is 24.3 Å². The van der Waals surface area contributed by atoms with E-state index in [0.717, 1.165) is 6.42 Å². The number of ether oxygens (including phenoxy) is 1. The fraction of sp³-hybridized carbons (Fsp3) is 0.429. The highest BCUT2D eigenvalue weighted by Gasteiger charge is 2.16. The third-order valence-corrected chi connectivity index (χ3v) is 2.59. The number of nitrogens with one attached hydrogen (secondary N) is 2. The first kappa shape index (κ1) is 15.0. The second kappa shape index (κ2) is 7.41. The van der Waals surface area contributed by atoms with Gasteiger partial charge in [0.2, 0.25) is 0 Å². The van der Waals surface area contributed by atoms with E-state index in [2.05, 4.69) is 17.6 Å². The Morgan fingerprint density at radius 2 is 1.84 bits per heavy atom. The van der Waals surface area contributed by atoms with Gasteiger partial charge < -0.3 is 10.1 Å². The molecular weight excluding hydrogens is 244 g/mol. The molecule has 1 aromatic rings. The molecule has 1 aromatic carbocycles. The molecule has 0 saturated carbocycles. The Kier molecular flexibility index (Phi) is 5.85. The molecule has 0 radical (unpaired) electrons. The zero-order valence-corrected chi connectivity index (χ0v) is 11.5. The second-order valence-electron chi connectivity index (χ2n) is 4.11. The average Bonchev–Trinajstić information content (AvgIpc) is 2.39. The maximum atomic E-state index is 11.7. The predicted molar refractivity (Wildman–Crippen MR) is 73.1 cm³/mol. The van der Waals surface area contributed by atoms with Crippen LogP contribution in [-0.2, 0) is 11.2 Å². The van der Waals surface area contributed by atoms with Crippen molar-refractivity contribution in [1.82, 2.24) is 10.6 Å². The number of benzene rings is 1. The number of hydrogen-bond acceptors (Lipinski definition) is 3. The number of urea groups is 1. The molecule has 0 fully saturated rings. The third-order valence-electron chi connectivity index (χ3n) is 2.59. The zero-order chi connectivity index (χ0) is 14.3. The van der Waals surface area contributed by atoms with Crippen molar-refractivity contribution in [3.8, 4) is 5.75 Å². The maximum absolute atomic E-state index is 11.7. The van der Waals surface area contributed by atoms with E-state index in [1.54, 1.807) is 13.8 Å². The van der Waals surface area contributed by atoms with Crippen molar-refractivity contribution in [2.45, 2.75) is 33.3 Å². The van der Waals surface area contributed by atoms with E-state index >= 15 is 0 Å². The summed E-state index contributed by atoms with van der Waals surface area (Å²) in [6, 6.07) is 7.01. The summed E-state index contributed by atoms with van der Waals surface area (Å²) in [5.74, 6) is 0.140. The van der Waals surface area contributed by atoms with Crippen molar-refractivity contribution in [2.24, 2.45) is 0 Å². The molecule has 0 aromatic heterocycles. The first-order valence-electron chi connectivity index (χ1n) is 6.41. The molecule has 0 unspecified atom stereocenters. The molecule has 104 valence electrons. The van der Waals surface area contributed by atoms with Crippen molar-refractivity contribution >= 4 is 11.9 Å². The van der Waals surface area contributed by atoms with Gasteiger partial charge in [-0.3, -0.25) is 10.1 Å². The maximum Gasteiger partial charge on any atom is 0.321 e. The molecular formula is C14H20N2O3. The lowest BCUT2D eigenvalue weighted by Gasteiger charge is -2.14. The number of amides is 3. The predicted octanol–water partition coefficient (Wildman–Crippen LogP) is 1.86. The van der Waals surface area contributed by atoms with Crippen LogP contribution in [-0.4, -0.2) is 24.6 Å². The molecule has 19 heavy (non-hydrogen) atoms. The average molecular weight is 264 g/mol. The Balaban J connectivity index is 2.50. The zero-order valence-electron chi connectivity index (χ0n) is 11.5. The van der Waals surface area contributed by atoms with Gasteiger partial charge in [0.15, 0.2) is 6.10 Å². The van der Waals surface area contributed by atoms with Gasteiger partial charge in [0.05, 0.1) is 0 Å². The second-order valence-corrected chi connectivity index (χ2v) is 4.11. The van der Waals surface area contributed by atoms with Crippen LogP contribution in [0.5, 0.6) is 5.75 Å². The van der Waals surface area contributed by atoms with Crippen LogP contribution in [0.3, 0.4) is 0 Å². The first-order valence-corrected chi connectivity index (χ1v) is 6.41. The molecule has 5 heteroatoms. The Bertz CT molecular complexity index is 429. The lowest BCUT2D eigenvalue weighted by Crippen LogP contribution is -2.45. The highest BCUT2D eigenvalue weighted by atomic mass is 16.5. The molecule has 0 aliphatic carbocycles. The number of hydrogen-bond donors (Lipinski definition) is 2. The minimum Gasteiger partial charge on any atom is -0.481 e. The molecule has 2 N–H and O–H groups in total. The molecule has 3 amide bonds. The Labute approximate surface area is 113 Å². The molecule has 5 nitrogen and oxygen atoms in total. The monoisotopic (exact) mass is 264 g/mol. The fourth-order valence-corrected chi connectivity index (χ4v) is 1.48. The smallest absolute Gasteiger partial charge is 0.321 e. The molecule has 0 bridgehead atoms. The molecule has 1 atom stereocenters. The molecule has 0 aliphatic heterocycles. The summed E-state index contributed by atoms with van der Waals surface area (Å²) in [5, 5.41) is 4.69. The van der Waals surface area contributed by atoms with Gasteiger partial charge in [0.25, 0.3) is 5.91 Å². The van der Waals surface area contributed by atoms with E-state index in [4.69, 9.17) is 4.74 Å². The summed E-state index contributed by atoms with van der Waals surface area (Å²) in [5.41, 5.74) is 1.20. The van der Waals surface area contributed by atoms with Crippen LogP contribution in [0.2, 0.25) is 0 Å². The topological polar surface area (TPSA) is 67.4 Å². The summed E-state index contributed by atoms with van der Waals surface area (Å²) < 4.78 is 5.46. The summed E-state index contributed by atoms with van der Waals surface area (Å²) in [4.78, 5) is 22.9. The van der Waals surface area contributed by atoms with Gasteiger partial charge in [-0.25, -0.2) is 4.79 Å². The number of imide groups is 1. The van der Waals surface area contributed by atoms with Crippen LogP contribution >= 0.6 is 0 Å². The van der Waals surface area contributed by atoms with Gasteiger partial charge in [0, 0.05) is 6.54 Å². The van der Waals surface area contributed by atoms with Gasteiger partial charge in [-0.05, 0) is 38.0 Å². The lowest BCUT2D eigenvalue weighted by atomic mass is 10.2. The number of carbonyl (C=O) groups excluding carboxylic acids is 2. The van der Waals surface area contributed by atoms with E-state index in [9.17, 15) is 9.59 Å².